The van der Waals surface area contributed by atoms with Crippen LogP contribution in [0.1, 0.15) is 48.0 Å². The van der Waals surface area contributed by atoms with Gasteiger partial charge in [0.25, 0.3) is 15.9 Å². The van der Waals surface area contributed by atoms with E-state index in [0.717, 1.165) is 6.54 Å². The van der Waals surface area contributed by atoms with Gasteiger partial charge in [-0.2, -0.15) is 8.42 Å². The minimum atomic E-state index is -3.67. The van der Waals surface area contributed by atoms with Crippen molar-refractivity contribution in [2.45, 2.75) is 43.0 Å². The lowest BCUT2D eigenvalue weighted by molar-refractivity contribution is 0.0767. The van der Waals surface area contributed by atoms with Crippen LogP contribution >= 0.6 is 0 Å². The van der Waals surface area contributed by atoms with Crippen molar-refractivity contribution in [3.63, 3.8) is 0 Å². The molecular formula is C24H30N4O3S. The molecule has 1 heterocycles. The minimum absolute atomic E-state index is 0.0280. The van der Waals surface area contributed by atoms with Gasteiger partial charge in [0, 0.05) is 43.0 Å². The molecule has 2 aromatic carbocycles. The number of hydrogen-bond acceptors (Lipinski definition) is 5. The number of nitrogens with one attached hydrogen (secondary N) is 1. The summed E-state index contributed by atoms with van der Waals surface area (Å²) >= 11 is 0. The van der Waals surface area contributed by atoms with E-state index < -0.39 is 10.0 Å². The number of fused-ring (bicyclic) bond motifs is 1. The summed E-state index contributed by atoms with van der Waals surface area (Å²) in [6.07, 6.45) is 6.44. The highest BCUT2D eigenvalue weighted by molar-refractivity contribution is 7.90. The average Bonchev–Trinajstić information content (AvgIpc) is 3.07. The molecule has 0 unspecified atom stereocenters. The Hall–Kier alpha value is -2.71. The van der Waals surface area contributed by atoms with Crippen LogP contribution in [0.25, 0.3) is 0 Å². The fraction of sp³-hybridized carbons (Fsp3) is 0.417. The Balaban J connectivity index is 1.36. The number of carbonyl (C=O) groups excluding carboxylic acids is 1. The van der Waals surface area contributed by atoms with Crippen LogP contribution in [0.5, 0.6) is 0 Å². The first-order chi connectivity index (χ1) is 15.3. The van der Waals surface area contributed by atoms with E-state index in [2.05, 4.69) is 21.7 Å². The van der Waals surface area contributed by atoms with Crippen molar-refractivity contribution in [1.82, 2.24) is 9.80 Å². The normalized spacial score (nSPS) is 17.7. The van der Waals surface area contributed by atoms with E-state index in [9.17, 15) is 13.2 Å². The van der Waals surface area contributed by atoms with Gasteiger partial charge < -0.3 is 15.1 Å². The number of amides is 1. The molecule has 0 radical (unpaired) electrons. The molecule has 4 rings (SSSR count). The molecule has 1 fully saturated rings. The molecule has 0 saturated heterocycles. The molecule has 1 saturated carbocycles. The number of rotatable bonds is 6. The monoisotopic (exact) mass is 454 g/mol. The Morgan fingerprint density at radius 2 is 1.69 bits per heavy atom. The quantitative estimate of drug-likeness (QED) is 0.721. The Morgan fingerprint density at radius 3 is 2.41 bits per heavy atom. The van der Waals surface area contributed by atoms with Gasteiger partial charge in [-0.25, -0.2) is 0 Å². The lowest BCUT2D eigenvalue weighted by Gasteiger charge is -2.32. The minimum Gasteiger partial charge on any atom is -0.340 e. The SMILES string of the molecule is CN(CCN(C)C1CCCCC1)C(=O)c1ccc(NC2=NS(=O)(=O)c3ccccc32)cc1. The van der Waals surface area contributed by atoms with Gasteiger partial charge in [-0.15, -0.1) is 4.40 Å². The van der Waals surface area contributed by atoms with Crippen molar-refractivity contribution >= 4 is 27.5 Å². The molecular weight excluding hydrogens is 424 g/mol. The summed E-state index contributed by atoms with van der Waals surface area (Å²) in [5, 5.41) is 3.06. The third-order valence-electron chi connectivity index (χ3n) is 6.36. The summed E-state index contributed by atoms with van der Waals surface area (Å²) in [6, 6.07) is 14.4. The van der Waals surface area contributed by atoms with E-state index in [1.165, 1.54) is 32.1 Å². The van der Waals surface area contributed by atoms with E-state index in [4.69, 9.17) is 0 Å². The van der Waals surface area contributed by atoms with E-state index in [-0.39, 0.29) is 10.8 Å². The number of likely N-dealkylation sites (N-methyl/N-ethyl adjacent to an activating group) is 2. The zero-order valence-electron chi connectivity index (χ0n) is 18.6. The van der Waals surface area contributed by atoms with Crippen molar-refractivity contribution in [3.05, 3.63) is 59.7 Å². The summed E-state index contributed by atoms with van der Waals surface area (Å²) in [5.74, 6) is 0.266. The number of sulfonamides is 1. The molecule has 1 amide bonds. The number of anilines is 1. The van der Waals surface area contributed by atoms with Crippen molar-refractivity contribution in [2.24, 2.45) is 4.40 Å². The topological polar surface area (TPSA) is 82.1 Å². The third-order valence-corrected chi connectivity index (χ3v) is 7.69. The molecule has 1 aliphatic heterocycles. The van der Waals surface area contributed by atoms with Crippen molar-refractivity contribution < 1.29 is 13.2 Å². The Bertz CT molecular complexity index is 1110. The second-order valence-corrected chi connectivity index (χ2v) is 10.2. The van der Waals surface area contributed by atoms with Crippen LogP contribution in [0, 0.1) is 0 Å². The van der Waals surface area contributed by atoms with Crippen molar-refractivity contribution in [3.8, 4) is 0 Å². The Kier molecular flexibility index (Phi) is 6.62. The van der Waals surface area contributed by atoms with Gasteiger partial charge in [-0.05, 0) is 56.3 Å². The van der Waals surface area contributed by atoms with Crippen LogP contribution in [0.4, 0.5) is 5.69 Å². The second kappa shape index (κ2) is 9.42. The average molecular weight is 455 g/mol. The number of amidine groups is 1. The predicted octanol–water partition coefficient (Wildman–Crippen LogP) is 3.58. The van der Waals surface area contributed by atoms with E-state index in [1.807, 2.05) is 7.05 Å². The highest BCUT2D eigenvalue weighted by atomic mass is 32.2. The molecule has 7 nitrogen and oxygen atoms in total. The molecule has 1 aliphatic carbocycles. The number of carbonyl (C=O) groups is 1. The molecule has 2 aliphatic rings. The third kappa shape index (κ3) is 4.86. The fourth-order valence-electron chi connectivity index (χ4n) is 4.36. The standard InChI is InChI=1S/C24H30N4O3S/c1-27(20-8-4-3-5-9-20)16-17-28(2)24(29)18-12-14-19(15-13-18)25-23-21-10-6-7-11-22(21)32(30,31)26-23/h6-7,10-15,20H,3-5,8-9,16-17H2,1-2H3,(H,25,26). The lowest BCUT2D eigenvalue weighted by Crippen LogP contribution is -2.40. The van der Waals surface area contributed by atoms with Crippen LogP contribution in [0.3, 0.4) is 0 Å². The lowest BCUT2D eigenvalue weighted by atomic mass is 9.94. The maximum atomic E-state index is 12.8. The van der Waals surface area contributed by atoms with Crippen LogP contribution in [0.2, 0.25) is 0 Å². The second-order valence-electron chi connectivity index (χ2n) is 8.61. The number of hydrogen-bond donors (Lipinski definition) is 1. The van der Waals surface area contributed by atoms with Gasteiger partial charge in [0.05, 0.1) is 0 Å². The smallest absolute Gasteiger partial charge is 0.285 e. The van der Waals surface area contributed by atoms with Crippen LogP contribution in [0.15, 0.2) is 57.8 Å². The van der Waals surface area contributed by atoms with Crippen LogP contribution in [-0.2, 0) is 10.0 Å². The number of nitrogens with zero attached hydrogens (tertiary/aromatic N) is 3. The molecule has 170 valence electrons. The molecule has 0 aromatic heterocycles. The van der Waals surface area contributed by atoms with Gasteiger partial charge in [0.1, 0.15) is 4.90 Å². The summed E-state index contributed by atoms with van der Waals surface area (Å²) in [5.41, 5.74) is 1.82. The van der Waals surface area contributed by atoms with Gasteiger partial charge >= 0.3 is 0 Å². The van der Waals surface area contributed by atoms with Gasteiger partial charge in [0.15, 0.2) is 5.84 Å². The summed E-state index contributed by atoms with van der Waals surface area (Å²) in [6.45, 7) is 1.54. The van der Waals surface area contributed by atoms with Crippen LogP contribution in [-0.4, -0.2) is 63.2 Å². The van der Waals surface area contributed by atoms with E-state index >= 15 is 0 Å². The first kappa shape index (κ1) is 22.5. The van der Waals surface area contributed by atoms with E-state index in [1.54, 1.807) is 53.4 Å². The highest BCUT2D eigenvalue weighted by Crippen LogP contribution is 2.27. The largest absolute Gasteiger partial charge is 0.340 e. The maximum Gasteiger partial charge on any atom is 0.285 e. The van der Waals surface area contributed by atoms with E-state index in [0.29, 0.717) is 35.2 Å². The summed E-state index contributed by atoms with van der Waals surface area (Å²) in [4.78, 5) is 17.2. The zero-order chi connectivity index (χ0) is 22.7. The van der Waals surface area contributed by atoms with Gasteiger partial charge in [0.2, 0.25) is 0 Å². The summed E-state index contributed by atoms with van der Waals surface area (Å²) < 4.78 is 28.2. The van der Waals surface area contributed by atoms with Crippen molar-refractivity contribution in [1.29, 1.82) is 0 Å². The first-order valence-corrected chi connectivity index (χ1v) is 12.6. The maximum absolute atomic E-state index is 12.8. The molecule has 8 heteroatoms. The predicted molar refractivity (Wildman–Crippen MR) is 127 cm³/mol. The highest BCUT2D eigenvalue weighted by Gasteiger charge is 2.28. The van der Waals surface area contributed by atoms with Gasteiger partial charge in [-0.1, -0.05) is 31.4 Å². The van der Waals surface area contributed by atoms with Gasteiger partial charge in [-0.3, -0.25) is 4.79 Å². The van der Waals surface area contributed by atoms with Crippen molar-refractivity contribution in [2.75, 3.05) is 32.5 Å². The Morgan fingerprint density at radius 1 is 1.00 bits per heavy atom. The first-order valence-electron chi connectivity index (χ1n) is 11.1. The molecule has 1 N–H and O–H groups in total. The molecule has 0 bridgehead atoms. The molecule has 2 aromatic rings. The fourth-order valence-corrected chi connectivity index (χ4v) is 5.54. The molecule has 0 spiro atoms. The molecule has 32 heavy (non-hydrogen) atoms. The van der Waals surface area contributed by atoms with Crippen LogP contribution < -0.4 is 5.32 Å². The zero-order valence-corrected chi connectivity index (χ0v) is 19.4. The summed E-state index contributed by atoms with van der Waals surface area (Å²) in [7, 11) is 0.314. The molecule has 0 atom stereocenters. The Labute approximate surface area is 190 Å². The number of benzene rings is 2.